The molecule has 0 saturated carbocycles. The molecule has 2 aromatic rings. The van der Waals surface area contributed by atoms with E-state index in [1.54, 1.807) is 6.92 Å². The maximum Gasteiger partial charge on any atom is 0.213 e. The van der Waals surface area contributed by atoms with E-state index in [2.05, 4.69) is 30.0 Å². The highest BCUT2D eigenvalue weighted by Crippen LogP contribution is 2.13. The lowest BCUT2D eigenvalue weighted by molar-refractivity contribution is 0.584. The number of rotatable bonds is 6. The highest BCUT2D eigenvalue weighted by atomic mass is 32.2. The van der Waals surface area contributed by atoms with Crippen molar-refractivity contribution in [2.24, 2.45) is 0 Å². The Hall–Kier alpha value is -1.74. The molecule has 9 heteroatoms. The minimum absolute atomic E-state index is 0.0134. The summed E-state index contributed by atoms with van der Waals surface area (Å²) >= 11 is 0. The van der Waals surface area contributed by atoms with Gasteiger partial charge in [0.05, 0.1) is 12.1 Å². The van der Waals surface area contributed by atoms with Gasteiger partial charge in [-0.05, 0) is 0 Å². The zero-order valence-electron chi connectivity index (χ0n) is 9.84. The zero-order chi connectivity index (χ0) is 13.0. The quantitative estimate of drug-likeness (QED) is 0.664. The van der Waals surface area contributed by atoms with Gasteiger partial charge in [-0.1, -0.05) is 6.92 Å². The molecule has 3 N–H and O–H groups in total. The molecule has 0 aliphatic rings. The van der Waals surface area contributed by atoms with E-state index >= 15 is 0 Å². The third kappa shape index (κ3) is 2.93. The highest BCUT2D eigenvalue weighted by molar-refractivity contribution is 7.89. The number of nitrogens with zero attached hydrogens (tertiary/aromatic N) is 3. The van der Waals surface area contributed by atoms with Crippen molar-refractivity contribution in [2.45, 2.75) is 6.92 Å². The van der Waals surface area contributed by atoms with Crippen LogP contribution in [0.2, 0.25) is 0 Å². The summed E-state index contributed by atoms with van der Waals surface area (Å²) in [6.07, 6.45) is 2.89. The summed E-state index contributed by atoms with van der Waals surface area (Å²) in [6, 6.07) is 0. The summed E-state index contributed by atoms with van der Waals surface area (Å²) < 4.78 is 25.3. The van der Waals surface area contributed by atoms with Gasteiger partial charge in [0, 0.05) is 13.1 Å². The first-order valence-electron chi connectivity index (χ1n) is 5.47. The van der Waals surface area contributed by atoms with Crippen LogP contribution in [0.15, 0.2) is 12.7 Å². The Kier molecular flexibility index (Phi) is 3.72. The van der Waals surface area contributed by atoms with E-state index in [9.17, 15) is 8.42 Å². The fourth-order valence-corrected chi connectivity index (χ4v) is 2.45. The summed E-state index contributed by atoms with van der Waals surface area (Å²) in [4.78, 5) is 14.9. The summed E-state index contributed by atoms with van der Waals surface area (Å²) in [5.41, 5.74) is 1.21. The summed E-state index contributed by atoms with van der Waals surface area (Å²) in [5.74, 6) is 0.532. The maximum atomic E-state index is 11.4. The van der Waals surface area contributed by atoms with Crippen LogP contribution in [0.5, 0.6) is 0 Å². The zero-order valence-corrected chi connectivity index (χ0v) is 10.7. The largest absolute Gasteiger partial charge is 0.367 e. The third-order valence-corrected chi connectivity index (χ3v) is 3.72. The number of aromatic nitrogens is 4. The van der Waals surface area contributed by atoms with Crippen molar-refractivity contribution in [3.63, 3.8) is 0 Å². The molecule has 0 spiro atoms. The molecule has 0 aliphatic heterocycles. The molecule has 0 radical (unpaired) electrons. The van der Waals surface area contributed by atoms with Crippen LogP contribution in [0.25, 0.3) is 11.2 Å². The van der Waals surface area contributed by atoms with Gasteiger partial charge in [0.1, 0.15) is 11.8 Å². The van der Waals surface area contributed by atoms with Gasteiger partial charge in [0.25, 0.3) is 0 Å². The van der Waals surface area contributed by atoms with Crippen molar-refractivity contribution in [3.8, 4) is 0 Å². The first kappa shape index (κ1) is 12.7. The van der Waals surface area contributed by atoms with Crippen molar-refractivity contribution in [1.82, 2.24) is 24.7 Å². The predicted octanol–water partition coefficient (Wildman–Crippen LogP) is -0.296. The molecule has 8 nitrogen and oxygen atoms in total. The lowest BCUT2D eigenvalue weighted by Gasteiger charge is -2.07. The minimum Gasteiger partial charge on any atom is -0.367 e. The van der Waals surface area contributed by atoms with Gasteiger partial charge >= 0.3 is 0 Å². The van der Waals surface area contributed by atoms with Crippen LogP contribution in [0.3, 0.4) is 0 Å². The van der Waals surface area contributed by atoms with E-state index in [1.165, 1.54) is 12.7 Å². The van der Waals surface area contributed by atoms with E-state index < -0.39 is 10.0 Å². The van der Waals surface area contributed by atoms with Crippen LogP contribution >= 0.6 is 0 Å². The Labute approximate surface area is 104 Å². The summed E-state index contributed by atoms with van der Waals surface area (Å²) in [6.45, 7) is 2.39. The van der Waals surface area contributed by atoms with Gasteiger partial charge in [-0.15, -0.1) is 0 Å². The smallest absolute Gasteiger partial charge is 0.213 e. The van der Waals surface area contributed by atoms with E-state index in [0.717, 1.165) is 0 Å². The van der Waals surface area contributed by atoms with Crippen molar-refractivity contribution in [1.29, 1.82) is 0 Å². The van der Waals surface area contributed by atoms with E-state index in [-0.39, 0.29) is 12.3 Å². The van der Waals surface area contributed by atoms with Crippen molar-refractivity contribution in [3.05, 3.63) is 12.7 Å². The number of hydrogen-bond donors (Lipinski definition) is 3. The van der Waals surface area contributed by atoms with E-state index in [4.69, 9.17) is 0 Å². The van der Waals surface area contributed by atoms with E-state index in [1.807, 2.05) is 0 Å². The third-order valence-electron chi connectivity index (χ3n) is 2.25. The molecule has 0 fully saturated rings. The fourth-order valence-electron chi connectivity index (χ4n) is 1.49. The topological polar surface area (TPSA) is 113 Å². The predicted molar refractivity (Wildman–Crippen MR) is 67.6 cm³/mol. The molecule has 18 heavy (non-hydrogen) atoms. The molecular formula is C9H14N6O2S. The van der Waals surface area contributed by atoms with Crippen molar-refractivity contribution in [2.75, 3.05) is 24.2 Å². The fraction of sp³-hybridized carbons (Fsp3) is 0.444. The molecule has 0 atom stereocenters. The van der Waals surface area contributed by atoms with Gasteiger partial charge in [0.2, 0.25) is 10.0 Å². The monoisotopic (exact) mass is 270 g/mol. The van der Waals surface area contributed by atoms with Crippen LogP contribution in [0.4, 0.5) is 5.82 Å². The van der Waals surface area contributed by atoms with Crippen LogP contribution < -0.4 is 10.0 Å². The minimum atomic E-state index is -3.22. The molecule has 2 heterocycles. The molecule has 2 aromatic heterocycles. The molecule has 0 aromatic carbocycles. The van der Waals surface area contributed by atoms with Crippen LogP contribution in [-0.4, -0.2) is 47.2 Å². The Morgan fingerprint density at radius 3 is 2.94 bits per heavy atom. The van der Waals surface area contributed by atoms with Gasteiger partial charge in [-0.25, -0.2) is 28.1 Å². The summed E-state index contributed by atoms with van der Waals surface area (Å²) in [5, 5.41) is 2.95. The summed E-state index contributed by atoms with van der Waals surface area (Å²) in [7, 11) is -3.22. The molecule has 0 unspecified atom stereocenters. The van der Waals surface area contributed by atoms with Crippen LogP contribution in [-0.2, 0) is 10.0 Å². The number of aromatic amines is 1. The van der Waals surface area contributed by atoms with Gasteiger partial charge in [-0.3, -0.25) is 0 Å². The second-order valence-electron chi connectivity index (χ2n) is 3.57. The Morgan fingerprint density at radius 1 is 1.33 bits per heavy atom. The molecule has 0 saturated heterocycles. The van der Waals surface area contributed by atoms with Gasteiger partial charge in [0.15, 0.2) is 11.5 Å². The first-order chi connectivity index (χ1) is 8.62. The number of sulfonamides is 1. The Bertz CT molecular complexity index is 623. The standard InChI is InChI=1S/C9H14N6O2S/c1-2-15-18(16,17)4-3-10-8-7-9(12-5-11-7)14-6-13-8/h5-6,15H,2-4H2,1H3,(H2,10,11,12,13,14). The Morgan fingerprint density at radius 2 is 2.17 bits per heavy atom. The number of hydrogen-bond acceptors (Lipinski definition) is 6. The van der Waals surface area contributed by atoms with Crippen LogP contribution in [0.1, 0.15) is 6.92 Å². The number of nitrogens with one attached hydrogen (secondary N) is 3. The van der Waals surface area contributed by atoms with Gasteiger partial charge in [-0.2, -0.15) is 0 Å². The molecule has 98 valence electrons. The normalized spacial score (nSPS) is 11.8. The number of anilines is 1. The number of fused-ring (bicyclic) bond motifs is 1. The van der Waals surface area contributed by atoms with E-state index in [0.29, 0.717) is 23.5 Å². The van der Waals surface area contributed by atoms with Crippen molar-refractivity contribution < 1.29 is 8.42 Å². The maximum absolute atomic E-state index is 11.4. The van der Waals surface area contributed by atoms with Crippen molar-refractivity contribution >= 4 is 27.0 Å². The number of imidazole rings is 1. The van der Waals surface area contributed by atoms with Gasteiger partial charge < -0.3 is 10.3 Å². The molecule has 0 aliphatic carbocycles. The molecule has 2 rings (SSSR count). The SMILES string of the molecule is CCNS(=O)(=O)CCNc1ncnc2nc[nH]c12. The molecular weight excluding hydrogens is 256 g/mol. The Balaban J connectivity index is 2.01. The lowest BCUT2D eigenvalue weighted by atomic mass is 10.5. The lowest BCUT2D eigenvalue weighted by Crippen LogP contribution is -2.29. The molecule has 0 bridgehead atoms. The first-order valence-corrected chi connectivity index (χ1v) is 7.13. The highest BCUT2D eigenvalue weighted by Gasteiger charge is 2.09. The average molecular weight is 270 g/mol. The average Bonchev–Trinajstić information content (AvgIpc) is 2.77. The van der Waals surface area contributed by atoms with Crippen LogP contribution in [0, 0.1) is 0 Å². The number of H-pyrrole nitrogens is 1. The second kappa shape index (κ2) is 5.27. The molecule has 0 amide bonds. The second-order valence-corrected chi connectivity index (χ2v) is 5.49.